The van der Waals surface area contributed by atoms with Gasteiger partial charge in [-0.05, 0) is 12.1 Å². The van der Waals surface area contributed by atoms with Crippen LogP contribution in [0.25, 0.3) is 0 Å². The fourth-order valence-corrected chi connectivity index (χ4v) is 1.64. The summed E-state index contributed by atoms with van der Waals surface area (Å²) in [5.41, 5.74) is 0.579. The highest BCUT2D eigenvalue weighted by Gasteiger charge is 2.19. The van der Waals surface area contributed by atoms with E-state index in [-0.39, 0.29) is 5.88 Å². The number of hydrogen-bond donors (Lipinski definition) is 1. The van der Waals surface area contributed by atoms with Crippen molar-refractivity contribution in [1.82, 2.24) is 0 Å². The molecule has 0 bridgehead atoms. The molecule has 16 heavy (non-hydrogen) atoms. The number of halogens is 1. The molecule has 0 unspecified atom stereocenters. The van der Waals surface area contributed by atoms with Crippen LogP contribution in [-0.2, 0) is 0 Å². The van der Waals surface area contributed by atoms with Crippen LogP contribution >= 0.6 is 11.6 Å². The molecule has 0 heterocycles. The first kappa shape index (κ1) is 12.9. The van der Waals surface area contributed by atoms with Crippen molar-refractivity contribution in [2.24, 2.45) is 0 Å². The zero-order valence-corrected chi connectivity index (χ0v) is 10.2. The summed E-state index contributed by atoms with van der Waals surface area (Å²) in [5, 5.41) is 9.72. The zero-order valence-electron chi connectivity index (χ0n) is 9.49. The molecule has 0 spiro atoms. The van der Waals surface area contributed by atoms with Gasteiger partial charge in [-0.2, -0.15) is 0 Å². The molecule has 0 saturated heterocycles. The summed E-state index contributed by atoms with van der Waals surface area (Å²) in [6, 6.07) is 3.40. The summed E-state index contributed by atoms with van der Waals surface area (Å²) in [4.78, 5) is 0. The quantitative estimate of drug-likeness (QED) is 0.808. The van der Waals surface area contributed by atoms with Crippen molar-refractivity contribution >= 4 is 11.6 Å². The highest BCUT2D eigenvalue weighted by Crippen LogP contribution is 2.42. The topological polar surface area (TPSA) is 47.9 Å². The lowest BCUT2D eigenvalue weighted by atomic mass is 10.1. The molecule has 0 aliphatic carbocycles. The van der Waals surface area contributed by atoms with Gasteiger partial charge in [0.2, 0.25) is 5.75 Å². The highest BCUT2D eigenvalue weighted by molar-refractivity contribution is 6.18. The third kappa shape index (κ3) is 2.33. The van der Waals surface area contributed by atoms with Gasteiger partial charge in [0.1, 0.15) is 0 Å². The number of ether oxygens (including phenoxy) is 3. The monoisotopic (exact) mass is 246 g/mol. The Hall–Kier alpha value is -1.13. The maximum Gasteiger partial charge on any atom is 0.203 e. The van der Waals surface area contributed by atoms with Crippen molar-refractivity contribution in [2.75, 3.05) is 27.2 Å². The largest absolute Gasteiger partial charge is 0.493 e. The zero-order chi connectivity index (χ0) is 12.1. The average molecular weight is 247 g/mol. The van der Waals surface area contributed by atoms with Crippen LogP contribution in [0.3, 0.4) is 0 Å². The molecular weight excluding hydrogens is 232 g/mol. The SMILES string of the molecule is COc1ccc([C@H](O)CCl)c(OC)c1OC. The molecule has 1 aromatic carbocycles. The lowest BCUT2D eigenvalue weighted by molar-refractivity contribution is 0.195. The first-order valence-corrected chi connectivity index (χ1v) is 5.25. The standard InChI is InChI=1S/C11H15ClO4/c1-14-9-5-4-7(8(13)6-12)10(15-2)11(9)16-3/h4-5,8,13H,6H2,1-3H3/t8-/m1/s1. The average Bonchev–Trinajstić information content (AvgIpc) is 2.35. The van der Waals surface area contributed by atoms with Crippen molar-refractivity contribution in [3.8, 4) is 17.2 Å². The van der Waals surface area contributed by atoms with Crippen LogP contribution in [0.5, 0.6) is 17.2 Å². The normalized spacial score (nSPS) is 12.1. The van der Waals surface area contributed by atoms with Crippen molar-refractivity contribution in [2.45, 2.75) is 6.10 Å². The summed E-state index contributed by atoms with van der Waals surface area (Å²) in [5.74, 6) is 1.53. The van der Waals surface area contributed by atoms with E-state index in [1.54, 1.807) is 12.1 Å². The van der Waals surface area contributed by atoms with Crippen molar-refractivity contribution in [1.29, 1.82) is 0 Å². The molecule has 0 amide bonds. The van der Waals surface area contributed by atoms with Gasteiger partial charge in [-0.3, -0.25) is 0 Å². The van der Waals surface area contributed by atoms with Gasteiger partial charge < -0.3 is 19.3 Å². The second kappa shape index (κ2) is 5.82. The predicted octanol–water partition coefficient (Wildman–Crippen LogP) is 1.98. The smallest absolute Gasteiger partial charge is 0.203 e. The van der Waals surface area contributed by atoms with Gasteiger partial charge in [0, 0.05) is 5.56 Å². The first-order valence-electron chi connectivity index (χ1n) is 4.72. The van der Waals surface area contributed by atoms with Gasteiger partial charge in [0.15, 0.2) is 11.5 Å². The fourth-order valence-electron chi connectivity index (χ4n) is 1.47. The molecule has 0 radical (unpaired) electrons. The van der Waals surface area contributed by atoms with E-state index in [0.717, 1.165) is 0 Å². The van der Waals surface area contributed by atoms with E-state index in [0.29, 0.717) is 22.8 Å². The summed E-state index contributed by atoms with van der Waals surface area (Å²) in [7, 11) is 4.55. The molecule has 1 rings (SSSR count). The fraction of sp³-hybridized carbons (Fsp3) is 0.455. The van der Waals surface area contributed by atoms with Crippen LogP contribution < -0.4 is 14.2 Å². The number of hydrogen-bond acceptors (Lipinski definition) is 4. The lowest BCUT2D eigenvalue weighted by Gasteiger charge is -2.17. The predicted molar refractivity (Wildman–Crippen MR) is 61.8 cm³/mol. The number of benzene rings is 1. The van der Waals surface area contributed by atoms with Gasteiger partial charge in [-0.25, -0.2) is 0 Å². The van der Waals surface area contributed by atoms with Crippen molar-refractivity contribution < 1.29 is 19.3 Å². The first-order chi connectivity index (χ1) is 7.69. The summed E-state index contributed by atoms with van der Waals surface area (Å²) in [6.45, 7) is 0. The van der Waals surface area contributed by atoms with Gasteiger partial charge in [-0.15, -0.1) is 11.6 Å². The molecule has 0 aromatic heterocycles. The molecule has 1 N–H and O–H groups in total. The molecule has 1 aromatic rings. The molecule has 0 aliphatic rings. The van der Waals surface area contributed by atoms with Crippen LogP contribution in [0.4, 0.5) is 0 Å². The summed E-state index contributed by atoms with van der Waals surface area (Å²) >= 11 is 5.61. The van der Waals surface area contributed by atoms with Crippen molar-refractivity contribution in [3.05, 3.63) is 17.7 Å². The van der Waals surface area contributed by atoms with E-state index in [1.807, 2.05) is 0 Å². The minimum Gasteiger partial charge on any atom is -0.493 e. The molecule has 0 saturated carbocycles. The van der Waals surface area contributed by atoms with Gasteiger partial charge in [0.05, 0.1) is 33.3 Å². The Morgan fingerprint density at radius 2 is 1.75 bits per heavy atom. The van der Waals surface area contributed by atoms with E-state index in [2.05, 4.69) is 0 Å². The minimum absolute atomic E-state index is 0.0891. The van der Waals surface area contributed by atoms with E-state index in [4.69, 9.17) is 25.8 Å². The highest BCUT2D eigenvalue weighted by atomic mass is 35.5. The molecule has 4 nitrogen and oxygen atoms in total. The maximum atomic E-state index is 9.72. The Bertz CT molecular complexity index is 354. The molecular formula is C11H15ClO4. The minimum atomic E-state index is -0.795. The number of alkyl halides is 1. The molecule has 0 aliphatic heterocycles. The number of methoxy groups -OCH3 is 3. The number of rotatable bonds is 5. The molecule has 0 fully saturated rings. The van der Waals surface area contributed by atoms with Crippen LogP contribution in [0.2, 0.25) is 0 Å². The van der Waals surface area contributed by atoms with E-state index in [1.165, 1.54) is 21.3 Å². The third-order valence-electron chi connectivity index (χ3n) is 2.24. The maximum absolute atomic E-state index is 9.72. The van der Waals surface area contributed by atoms with E-state index >= 15 is 0 Å². The van der Waals surface area contributed by atoms with Gasteiger partial charge in [0.25, 0.3) is 0 Å². The summed E-state index contributed by atoms with van der Waals surface area (Å²) in [6.07, 6.45) is -0.795. The van der Waals surface area contributed by atoms with Gasteiger partial charge in [-0.1, -0.05) is 0 Å². The Morgan fingerprint density at radius 3 is 2.19 bits per heavy atom. The van der Waals surface area contributed by atoms with Crippen LogP contribution in [0.1, 0.15) is 11.7 Å². The van der Waals surface area contributed by atoms with Crippen LogP contribution in [-0.4, -0.2) is 32.3 Å². The Labute approximate surface area is 99.7 Å². The number of aliphatic hydroxyl groups is 1. The summed E-state index contributed by atoms with van der Waals surface area (Å²) < 4.78 is 15.5. The van der Waals surface area contributed by atoms with E-state index in [9.17, 15) is 5.11 Å². The molecule has 1 atom stereocenters. The Balaban J connectivity index is 3.31. The van der Waals surface area contributed by atoms with Gasteiger partial charge >= 0.3 is 0 Å². The second-order valence-corrected chi connectivity index (χ2v) is 3.40. The van der Waals surface area contributed by atoms with Crippen LogP contribution in [0, 0.1) is 0 Å². The van der Waals surface area contributed by atoms with Crippen LogP contribution in [0.15, 0.2) is 12.1 Å². The molecule has 5 heteroatoms. The van der Waals surface area contributed by atoms with E-state index < -0.39 is 6.10 Å². The second-order valence-electron chi connectivity index (χ2n) is 3.09. The Kier molecular flexibility index (Phi) is 4.71. The van der Waals surface area contributed by atoms with Crippen molar-refractivity contribution in [3.63, 3.8) is 0 Å². The number of aliphatic hydroxyl groups excluding tert-OH is 1. The Morgan fingerprint density at radius 1 is 1.12 bits per heavy atom. The lowest BCUT2D eigenvalue weighted by Crippen LogP contribution is -2.04. The molecule has 90 valence electrons. The third-order valence-corrected chi connectivity index (χ3v) is 2.53.